The van der Waals surface area contributed by atoms with E-state index in [0.717, 1.165) is 13.0 Å². The molecule has 2 N–H and O–H groups in total. The molecule has 0 aliphatic carbocycles. The van der Waals surface area contributed by atoms with Crippen molar-refractivity contribution in [3.8, 4) is 0 Å². The lowest BCUT2D eigenvalue weighted by atomic mass is 10.2. The van der Waals surface area contributed by atoms with Crippen LogP contribution in [0.4, 0.5) is 0 Å². The molecule has 1 aliphatic rings. The largest absolute Gasteiger partial charge is 0.463 e. The van der Waals surface area contributed by atoms with E-state index in [-0.39, 0.29) is 12.6 Å². The van der Waals surface area contributed by atoms with Crippen molar-refractivity contribution in [2.45, 2.75) is 31.9 Å². The fourth-order valence-corrected chi connectivity index (χ4v) is 0.865. The second-order valence-corrected chi connectivity index (χ2v) is 3.18. The Morgan fingerprint density at radius 3 is 3.00 bits per heavy atom. The van der Waals surface area contributed by atoms with Gasteiger partial charge in [0.1, 0.15) is 6.61 Å². The molecule has 0 aromatic rings. The average Bonchev–Trinajstić information content (AvgIpc) is 2.80. The molecule has 2 atom stereocenters. The summed E-state index contributed by atoms with van der Waals surface area (Å²) in [6.45, 7) is 2.72. The first kappa shape index (κ1) is 9.48. The lowest BCUT2D eigenvalue weighted by molar-refractivity contribution is -0.146. The molecule has 0 radical (unpaired) electrons. The Bertz CT molecular complexity index is 146. The van der Waals surface area contributed by atoms with E-state index in [2.05, 4.69) is 5.32 Å². The van der Waals surface area contributed by atoms with Crippen LogP contribution in [0.5, 0.6) is 0 Å². The Hall–Kier alpha value is -0.610. The maximum atomic E-state index is 10.9. The number of esters is 1. The van der Waals surface area contributed by atoms with Gasteiger partial charge in [-0.05, 0) is 13.3 Å². The maximum absolute atomic E-state index is 10.9. The Kier molecular flexibility index (Phi) is 3.49. The molecule has 0 spiro atoms. The van der Waals surface area contributed by atoms with Crippen LogP contribution in [0.15, 0.2) is 0 Å². The molecule has 4 heteroatoms. The molecule has 4 nitrogen and oxygen atoms in total. The molecule has 70 valence electrons. The molecule has 12 heavy (non-hydrogen) atoms. The van der Waals surface area contributed by atoms with E-state index in [4.69, 9.17) is 9.84 Å². The van der Waals surface area contributed by atoms with Crippen LogP contribution in [0.25, 0.3) is 0 Å². The van der Waals surface area contributed by atoms with E-state index in [0.29, 0.717) is 12.5 Å². The van der Waals surface area contributed by atoms with Gasteiger partial charge in [-0.2, -0.15) is 0 Å². The monoisotopic (exact) mass is 173 g/mol. The van der Waals surface area contributed by atoms with Crippen molar-refractivity contribution in [2.24, 2.45) is 0 Å². The van der Waals surface area contributed by atoms with Crippen molar-refractivity contribution in [2.75, 3.05) is 13.2 Å². The van der Waals surface area contributed by atoms with Crippen molar-refractivity contribution in [3.05, 3.63) is 0 Å². The van der Waals surface area contributed by atoms with Gasteiger partial charge < -0.3 is 15.2 Å². The second-order valence-electron chi connectivity index (χ2n) is 3.18. The maximum Gasteiger partial charge on any atom is 0.305 e. The minimum atomic E-state index is -0.562. The third kappa shape index (κ3) is 4.31. The highest BCUT2D eigenvalue weighted by Gasteiger charge is 2.20. The molecule has 1 aliphatic heterocycles. The van der Waals surface area contributed by atoms with Crippen LogP contribution in [-0.4, -0.2) is 36.4 Å². The number of rotatable bonds is 5. The normalized spacial score (nSPS) is 23.3. The summed E-state index contributed by atoms with van der Waals surface area (Å²) in [5, 5.41) is 11.9. The first-order valence-electron chi connectivity index (χ1n) is 4.25. The average molecular weight is 173 g/mol. The highest BCUT2D eigenvalue weighted by atomic mass is 16.5. The van der Waals surface area contributed by atoms with Crippen LogP contribution < -0.4 is 5.32 Å². The fourth-order valence-electron chi connectivity index (χ4n) is 0.865. The van der Waals surface area contributed by atoms with Gasteiger partial charge in [0.25, 0.3) is 0 Å². The van der Waals surface area contributed by atoms with Crippen LogP contribution in [0.1, 0.15) is 19.8 Å². The summed E-state index contributed by atoms with van der Waals surface area (Å²) in [6, 6.07) is 0.518. The van der Waals surface area contributed by atoms with Crippen LogP contribution in [0.3, 0.4) is 0 Å². The molecule has 0 saturated carbocycles. The van der Waals surface area contributed by atoms with Crippen molar-refractivity contribution in [1.29, 1.82) is 0 Å². The first-order valence-corrected chi connectivity index (χ1v) is 4.25. The van der Waals surface area contributed by atoms with Crippen molar-refractivity contribution in [3.63, 3.8) is 0 Å². The lowest BCUT2D eigenvalue weighted by Crippen LogP contribution is -2.15. The summed E-state index contributed by atoms with van der Waals surface area (Å²) in [4.78, 5) is 10.9. The van der Waals surface area contributed by atoms with E-state index in [1.807, 2.05) is 0 Å². The topological polar surface area (TPSA) is 68.5 Å². The molecule has 0 aromatic carbocycles. The molecule has 0 aromatic heterocycles. The summed E-state index contributed by atoms with van der Waals surface area (Å²) < 4.78 is 4.76. The smallest absolute Gasteiger partial charge is 0.305 e. The summed E-state index contributed by atoms with van der Waals surface area (Å²) in [5.41, 5.74) is 0. The number of ether oxygens (including phenoxy) is 1. The van der Waals surface area contributed by atoms with Crippen molar-refractivity contribution in [1.82, 2.24) is 5.32 Å². The minimum Gasteiger partial charge on any atom is -0.463 e. The molecule has 0 bridgehead atoms. The summed E-state index contributed by atoms with van der Waals surface area (Å²) in [6.07, 6.45) is 0.733. The van der Waals surface area contributed by atoms with Gasteiger partial charge in [-0.15, -0.1) is 0 Å². The van der Waals surface area contributed by atoms with E-state index in [1.165, 1.54) is 0 Å². The van der Waals surface area contributed by atoms with Crippen LogP contribution in [-0.2, 0) is 9.53 Å². The molecule has 1 fully saturated rings. The number of hydrogen-bond acceptors (Lipinski definition) is 4. The zero-order chi connectivity index (χ0) is 8.97. The van der Waals surface area contributed by atoms with Gasteiger partial charge in [0.2, 0.25) is 0 Å². The summed E-state index contributed by atoms with van der Waals surface area (Å²) in [5.74, 6) is -0.218. The molecular weight excluding hydrogens is 158 g/mol. The lowest BCUT2D eigenvalue weighted by Gasteiger charge is -2.05. The Balaban J connectivity index is 1.95. The quantitative estimate of drug-likeness (QED) is 0.441. The predicted octanol–water partition coefficient (Wildman–Crippen LogP) is -0.338. The number of carbonyl (C=O) groups is 1. The summed E-state index contributed by atoms with van der Waals surface area (Å²) >= 11 is 0. The van der Waals surface area contributed by atoms with E-state index >= 15 is 0 Å². The Morgan fingerprint density at radius 2 is 2.50 bits per heavy atom. The van der Waals surface area contributed by atoms with Gasteiger partial charge in [-0.3, -0.25) is 4.79 Å². The third-order valence-corrected chi connectivity index (χ3v) is 1.68. The predicted molar refractivity (Wildman–Crippen MR) is 43.7 cm³/mol. The van der Waals surface area contributed by atoms with E-state index < -0.39 is 6.10 Å². The van der Waals surface area contributed by atoms with Gasteiger partial charge in [0.15, 0.2) is 0 Å². The van der Waals surface area contributed by atoms with Gasteiger partial charge in [-0.1, -0.05) is 0 Å². The number of hydrogen-bond donors (Lipinski definition) is 2. The second kappa shape index (κ2) is 4.42. The molecular formula is C8H15NO3. The van der Waals surface area contributed by atoms with Gasteiger partial charge >= 0.3 is 5.97 Å². The SMILES string of the molecule is CC(O)COC(=O)CCC1CN1. The Labute approximate surface area is 71.9 Å². The van der Waals surface area contributed by atoms with Gasteiger partial charge in [0.05, 0.1) is 6.10 Å². The fraction of sp³-hybridized carbons (Fsp3) is 0.875. The van der Waals surface area contributed by atoms with E-state index in [1.54, 1.807) is 6.92 Å². The molecule has 1 saturated heterocycles. The number of aliphatic hydroxyl groups is 1. The molecule has 0 amide bonds. The van der Waals surface area contributed by atoms with Gasteiger partial charge in [-0.25, -0.2) is 0 Å². The standard InChI is InChI=1S/C8H15NO3/c1-6(10)5-12-8(11)3-2-7-4-9-7/h6-7,9-10H,2-5H2,1H3. The number of aliphatic hydroxyl groups excluding tert-OH is 1. The number of carbonyl (C=O) groups excluding carboxylic acids is 1. The molecule has 1 heterocycles. The van der Waals surface area contributed by atoms with Crippen LogP contribution in [0, 0.1) is 0 Å². The number of nitrogens with one attached hydrogen (secondary N) is 1. The third-order valence-electron chi connectivity index (χ3n) is 1.68. The highest BCUT2D eigenvalue weighted by Crippen LogP contribution is 2.06. The zero-order valence-electron chi connectivity index (χ0n) is 7.25. The van der Waals surface area contributed by atoms with Gasteiger partial charge in [0, 0.05) is 19.0 Å². The zero-order valence-corrected chi connectivity index (χ0v) is 7.25. The minimum absolute atomic E-state index is 0.108. The highest BCUT2D eigenvalue weighted by molar-refractivity contribution is 5.69. The van der Waals surface area contributed by atoms with E-state index in [9.17, 15) is 4.79 Å². The van der Waals surface area contributed by atoms with Crippen molar-refractivity contribution < 1.29 is 14.6 Å². The molecule has 2 unspecified atom stereocenters. The Morgan fingerprint density at radius 1 is 1.83 bits per heavy atom. The van der Waals surface area contributed by atoms with Crippen LogP contribution >= 0.6 is 0 Å². The summed E-state index contributed by atoms with van der Waals surface area (Å²) in [7, 11) is 0. The first-order chi connectivity index (χ1) is 5.68. The van der Waals surface area contributed by atoms with Crippen molar-refractivity contribution >= 4 is 5.97 Å². The van der Waals surface area contributed by atoms with Crippen LogP contribution in [0.2, 0.25) is 0 Å². The molecule has 1 rings (SSSR count).